The molecule has 0 fully saturated rings. The van der Waals surface area contributed by atoms with Crippen molar-refractivity contribution in [3.05, 3.63) is 42.0 Å². The second kappa shape index (κ2) is 22.0. The van der Waals surface area contributed by atoms with E-state index in [1.807, 2.05) is 0 Å². The van der Waals surface area contributed by atoms with E-state index in [9.17, 15) is 43.2 Å². The van der Waals surface area contributed by atoms with Crippen molar-refractivity contribution >= 4 is 59.2 Å². The zero-order valence-electron chi connectivity index (χ0n) is 30.3. The van der Waals surface area contributed by atoms with E-state index in [-0.39, 0.29) is 62.7 Å². The number of ether oxygens (including phenoxy) is 1. The Labute approximate surface area is 307 Å². The van der Waals surface area contributed by atoms with E-state index in [0.717, 1.165) is 9.80 Å². The van der Waals surface area contributed by atoms with Gasteiger partial charge in [0.05, 0.1) is 0 Å². The Morgan fingerprint density at radius 1 is 0.811 bits per heavy atom. The van der Waals surface area contributed by atoms with Crippen molar-refractivity contribution in [1.29, 1.82) is 0 Å². The second-order valence-electron chi connectivity index (χ2n) is 12.3. The largest absolute Gasteiger partial charge is 0.445 e. The number of anilines is 1. The quantitative estimate of drug-likeness (QED) is 0.0619. The predicted octanol–water partition coefficient (Wildman–Crippen LogP) is -0.632. The van der Waals surface area contributed by atoms with E-state index in [1.165, 1.54) is 40.1 Å². The maximum Gasteiger partial charge on any atom is 0.410 e. The van der Waals surface area contributed by atoms with Crippen molar-refractivity contribution in [3.8, 4) is 0 Å². The van der Waals surface area contributed by atoms with Crippen LogP contribution in [-0.4, -0.2) is 115 Å². The molecule has 8 N–H and O–H groups in total. The van der Waals surface area contributed by atoms with E-state index in [2.05, 4.69) is 31.9 Å². The molecule has 19 heteroatoms. The van der Waals surface area contributed by atoms with Gasteiger partial charge in [-0.1, -0.05) is 18.6 Å². The number of urea groups is 1. The minimum absolute atomic E-state index is 0.114. The average molecular weight is 744 g/mol. The molecular weight excluding hydrogens is 694 g/mol. The molecule has 0 radical (unpaired) electrons. The van der Waals surface area contributed by atoms with Gasteiger partial charge in [0.25, 0.3) is 11.8 Å². The standard InChI is InChI=1S/C34H49N9O10/c1-21(30(48)36-3)39-27(45)19-42(4)34(52)53-20-23-11-13-24(14-12-23)40-32(50)25(9-8-17-37-33(35)51)41-31(49)22(2)38-26(44)10-6-5-7-18-43-28(46)15-16-29(43)47/h11-16,21-22,25H,5-10,17-20H2,1-4H3,(H,36,48)(H,38,44)(H,39,45)(H,40,50)(H,41,49)(H3,35,37,51)/t21-,22-,25-/m0/s1. The number of nitrogens with zero attached hydrogens (tertiary/aromatic N) is 2. The molecule has 10 amide bonds. The molecule has 0 unspecified atom stereocenters. The van der Waals surface area contributed by atoms with Crippen molar-refractivity contribution in [2.45, 2.75) is 77.1 Å². The van der Waals surface area contributed by atoms with Gasteiger partial charge in [-0.05, 0) is 57.2 Å². The Balaban J connectivity index is 1.86. The highest BCUT2D eigenvalue weighted by atomic mass is 16.6. The molecule has 0 aliphatic carbocycles. The van der Waals surface area contributed by atoms with Gasteiger partial charge in [-0.2, -0.15) is 0 Å². The van der Waals surface area contributed by atoms with Crippen LogP contribution in [0, 0.1) is 0 Å². The number of rotatable bonds is 21. The first-order valence-corrected chi connectivity index (χ1v) is 17.1. The van der Waals surface area contributed by atoms with Crippen LogP contribution >= 0.6 is 0 Å². The number of amides is 10. The normalized spacial score (nSPS) is 13.6. The molecule has 1 aromatic rings. The molecule has 290 valence electrons. The second-order valence-corrected chi connectivity index (χ2v) is 12.3. The van der Waals surface area contributed by atoms with Crippen LogP contribution in [0.25, 0.3) is 0 Å². The van der Waals surface area contributed by atoms with Gasteiger partial charge < -0.3 is 47.3 Å². The monoisotopic (exact) mass is 743 g/mol. The number of carbonyl (C=O) groups excluding carboxylic acids is 9. The fraction of sp³-hybridized carbons (Fsp3) is 0.500. The van der Waals surface area contributed by atoms with Gasteiger partial charge in [0.1, 0.15) is 31.3 Å². The van der Waals surface area contributed by atoms with Crippen LogP contribution in [0.5, 0.6) is 0 Å². The minimum atomic E-state index is -1.05. The van der Waals surface area contributed by atoms with Crippen LogP contribution in [0.2, 0.25) is 0 Å². The molecule has 19 nitrogen and oxygen atoms in total. The number of likely N-dealkylation sites (N-methyl/N-ethyl adjacent to an activating group) is 2. The van der Waals surface area contributed by atoms with Crippen molar-refractivity contribution in [3.63, 3.8) is 0 Å². The van der Waals surface area contributed by atoms with Crippen molar-refractivity contribution in [2.75, 3.05) is 39.0 Å². The molecule has 2 rings (SSSR count). The highest BCUT2D eigenvalue weighted by molar-refractivity contribution is 6.12. The number of nitrogens with two attached hydrogens (primary N) is 1. The van der Waals surface area contributed by atoms with Gasteiger partial charge in [-0.15, -0.1) is 0 Å². The number of unbranched alkanes of at least 4 members (excludes halogenated alkanes) is 2. The summed E-state index contributed by atoms with van der Waals surface area (Å²) in [6, 6.07) is 2.79. The van der Waals surface area contributed by atoms with Crippen molar-refractivity contribution in [2.24, 2.45) is 5.73 Å². The Hall–Kier alpha value is -6.01. The van der Waals surface area contributed by atoms with Crippen LogP contribution in [0.15, 0.2) is 36.4 Å². The summed E-state index contributed by atoms with van der Waals surface area (Å²) in [5, 5.41) is 15.2. The number of carbonyl (C=O) groups is 9. The average Bonchev–Trinajstić information content (AvgIpc) is 3.43. The molecular formula is C34H49N9O10. The zero-order valence-corrected chi connectivity index (χ0v) is 30.3. The summed E-state index contributed by atoms with van der Waals surface area (Å²) in [6.07, 6.45) is 3.76. The van der Waals surface area contributed by atoms with Gasteiger partial charge in [-0.25, -0.2) is 9.59 Å². The highest BCUT2D eigenvalue weighted by Gasteiger charge is 2.25. The summed E-state index contributed by atoms with van der Waals surface area (Å²) in [4.78, 5) is 111. The fourth-order valence-electron chi connectivity index (χ4n) is 4.86. The van der Waals surface area contributed by atoms with Gasteiger partial charge in [0.15, 0.2) is 0 Å². The summed E-state index contributed by atoms with van der Waals surface area (Å²) >= 11 is 0. The molecule has 0 bridgehead atoms. The minimum Gasteiger partial charge on any atom is -0.445 e. The Bertz CT molecular complexity index is 1510. The summed E-state index contributed by atoms with van der Waals surface area (Å²) in [7, 11) is 2.80. The van der Waals surface area contributed by atoms with Gasteiger partial charge in [0.2, 0.25) is 29.5 Å². The molecule has 53 heavy (non-hydrogen) atoms. The third-order valence-electron chi connectivity index (χ3n) is 7.85. The summed E-state index contributed by atoms with van der Waals surface area (Å²) in [5.74, 6) is -3.21. The summed E-state index contributed by atoms with van der Waals surface area (Å²) in [5.41, 5.74) is 6.06. The van der Waals surface area contributed by atoms with Crippen LogP contribution in [-0.2, 0) is 44.9 Å². The molecule has 1 heterocycles. The smallest absolute Gasteiger partial charge is 0.410 e. The lowest BCUT2D eigenvalue weighted by atomic mass is 10.1. The van der Waals surface area contributed by atoms with Crippen LogP contribution in [0.1, 0.15) is 57.9 Å². The lowest BCUT2D eigenvalue weighted by Crippen LogP contribution is -2.51. The van der Waals surface area contributed by atoms with Gasteiger partial charge >= 0.3 is 12.1 Å². The molecule has 1 aromatic carbocycles. The summed E-state index contributed by atoms with van der Waals surface area (Å²) < 4.78 is 5.25. The molecule has 0 saturated heterocycles. The highest BCUT2D eigenvalue weighted by Crippen LogP contribution is 2.13. The predicted molar refractivity (Wildman–Crippen MR) is 190 cm³/mol. The number of hydrogen-bond acceptors (Lipinski definition) is 10. The Morgan fingerprint density at radius 3 is 2.06 bits per heavy atom. The number of hydrogen-bond donors (Lipinski definition) is 7. The summed E-state index contributed by atoms with van der Waals surface area (Å²) in [6.45, 7) is 2.91. The molecule has 3 atom stereocenters. The van der Waals surface area contributed by atoms with Gasteiger partial charge in [-0.3, -0.25) is 38.5 Å². The van der Waals surface area contributed by atoms with Crippen LogP contribution in [0.3, 0.4) is 0 Å². The Morgan fingerprint density at radius 2 is 1.43 bits per heavy atom. The maximum absolute atomic E-state index is 13.2. The third-order valence-corrected chi connectivity index (χ3v) is 7.85. The lowest BCUT2D eigenvalue weighted by Gasteiger charge is -2.21. The molecule has 0 saturated carbocycles. The maximum atomic E-state index is 13.2. The van der Waals surface area contributed by atoms with E-state index < -0.39 is 48.0 Å². The lowest BCUT2D eigenvalue weighted by molar-refractivity contribution is -0.137. The van der Waals surface area contributed by atoms with Crippen molar-refractivity contribution in [1.82, 2.24) is 36.4 Å². The topological polar surface area (TPSA) is 268 Å². The van der Waals surface area contributed by atoms with E-state index in [1.54, 1.807) is 24.3 Å². The number of primary amides is 1. The molecule has 0 aromatic heterocycles. The first-order chi connectivity index (χ1) is 25.1. The first-order valence-electron chi connectivity index (χ1n) is 17.1. The van der Waals surface area contributed by atoms with Crippen LogP contribution < -0.4 is 37.6 Å². The van der Waals surface area contributed by atoms with Crippen molar-refractivity contribution < 1.29 is 47.9 Å². The third kappa shape index (κ3) is 15.8. The number of imide groups is 1. The SMILES string of the molecule is CNC(=O)[C@H](C)NC(=O)CN(C)C(=O)OCc1ccc(NC(=O)[C@H](CCCNC(N)=O)NC(=O)[C@H](C)NC(=O)CCCCCN2C(=O)C=CC2=O)cc1. The van der Waals surface area contributed by atoms with Crippen LogP contribution in [0.4, 0.5) is 15.3 Å². The first kappa shape index (κ1) is 43.2. The van der Waals surface area contributed by atoms with E-state index >= 15 is 0 Å². The molecule has 1 aliphatic heterocycles. The number of nitrogens with one attached hydrogen (secondary N) is 6. The molecule has 1 aliphatic rings. The Kier molecular flexibility index (Phi) is 17.9. The van der Waals surface area contributed by atoms with E-state index in [0.29, 0.717) is 36.9 Å². The number of benzene rings is 1. The zero-order chi connectivity index (χ0) is 39.5. The fourth-order valence-corrected chi connectivity index (χ4v) is 4.86. The van der Waals surface area contributed by atoms with E-state index in [4.69, 9.17) is 10.5 Å². The van der Waals surface area contributed by atoms with Gasteiger partial charge in [0, 0.05) is 51.4 Å². The molecule has 0 spiro atoms.